The first-order valence-electron chi connectivity index (χ1n) is 24.6. The fourth-order valence-electron chi connectivity index (χ4n) is 11.0. The minimum Gasteiger partial charge on any atom is -0.456 e. The normalized spacial score (nSPS) is 12.0. The minimum atomic E-state index is 0.868. The van der Waals surface area contributed by atoms with E-state index in [-0.39, 0.29) is 0 Å². The smallest absolute Gasteiger partial charge is 0.136 e. The summed E-state index contributed by atoms with van der Waals surface area (Å²) >= 11 is 0. The van der Waals surface area contributed by atoms with Crippen LogP contribution in [-0.4, -0.2) is 0 Å². The van der Waals surface area contributed by atoms with Crippen LogP contribution in [0.5, 0.6) is 0 Å². The molecule has 0 aliphatic carbocycles. The Kier molecular flexibility index (Phi) is 9.85. The zero-order valence-corrected chi connectivity index (χ0v) is 42.4. The lowest BCUT2D eigenvalue weighted by molar-refractivity contribution is 0.669. The lowest BCUT2D eigenvalue weighted by atomic mass is 9.99. The highest BCUT2D eigenvalue weighted by Gasteiger charge is 2.21. The van der Waals surface area contributed by atoms with Crippen molar-refractivity contribution < 1.29 is 8.83 Å². The Balaban J connectivity index is 0.947. The molecule has 10 aromatic carbocycles. The van der Waals surface area contributed by atoms with E-state index in [0.29, 0.717) is 0 Å². The molecule has 0 atom stereocenters. The number of anilines is 6. The lowest BCUT2D eigenvalue weighted by Gasteiger charge is -2.28. The van der Waals surface area contributed by atoms with Crippen LogP contribution in [0, 0.1) is 83.1 Å². The summed E-state index contributed by atoms with van der Waals surface area (Å²) in [5.74, 6) is 0. The van der Waals surface area contributed by atoms with Gasteiger partial charge in [-0.2, -0.15) is 0 Å². The summed E-state index contributed by atoms with van der Waals surface area (Å²) in [5.41, 5.74) is 26.0. The molecule has 12 rings (SSSR count). The molecule has 0 aliphatic rings. The van der Waals surface area contributed by atoms with E-state index in [1.54, 1.807) is 0 Å². The zero-order chi connectivity index (χ0) is 48.6. The van der Waals surface area contributed by atoms with Gasteiger partial charge in [0.15, 0.2) is 0 Å². The van der Waals surface area contributed by atoms with Gasteiger partial charge in [-0.1, -0.05) is 12.1 Å². The van der Waals surface area contributed by atoms with Crippen LogP contribution in [0.4, 0.5) is 34.1 Å². The molecule has 2 heterocycles. The second kappa shape index (κ2) is 15.9. The first-order valence-corrected chi connectivity index (χ1v) is 24.6. The number of hydrogen-bond acceptors (Lipinski definition) is 4. The van der Waals surface area contributed by atoms with Crippen LogP contribution in [0.25, 0.3) is 76.2 Å². The third kappa shape index (κ3) is 6.95. The minimum absolute atomic E-state index is 0.868. The van der Waals surface area contributed by atoms with Crippen molar-refractivity contribution in [3.05, 3.63) is 200 Å². The van der Waals surface area contributed by atoms with Gasteiger partial charge in [-0.25, -0.2) is 0 Å². The molecule has 4 heteroatoms. The average molecular weight is 911 g/mol. The summed E-state index contributed by atoms with van der Waals surface area (Å²) in [5, 5.41) is 11.3. The summed E-state index contributed by atoms with van der Waals surface area (Å²) in [4.78, 5) is 4.81. The van der Waals surface area contributed by atoms with Crippen LogP contribution >= 0.6 is 0 Å². The highest BCUT2D eigenvalue weighted by molar-refractivity contribution is 6.18. The molecule has 0 radical (unpaired) electrons. The molecular weight excluding hydrogens is 853 g/mol. The van der Waals surface area contributed by atoms with Gasteiger partial charge in [0.25, 0.3) is 0 Å². The molecule has 0 saturated carbocycles. The molecule has 0 spiro atoms. The fourth-order valence-corrected chi connectivity index (χ4v) is 11.0. The zero-order valence-electron chi connectivity index (χ0n) is 42.4. The van der Waals surface area contributed by atoms with Crippen LogP contribution < -0.4 is 9.80 Å². The monoisotopic (exact) mass is 910 g/mol. The Morgan fingerprint density at radius 2 is 0.457 bits per heavy atom. The molecule has 2 aromatic heterocycles. The number of fused-ring (bicyclic) bond motifs is 9. The van der Waals surface area contributed by atoms with Crippen molar-refractivity contribution in [3.8, 4) is 0 Å². The topological polar surface area (TPSA) is 32.8 Å². The molecule has 344 valence electrons. The SMILES string of the molecule is Cc1cc(N(c2cc(C)c(C)c(C)c2)c2ccc3cc4c(cc3c2)oc2cc3cc5oc6cc7cc(N(c8cc(C)c(C)c(C)c8)c8cc(C)c(C)c(C)c8)ccc7cc6c5cc3cc24)cc(C)c1C. The van der Waals surface area contributed by atoms with E-state index in [0.717, 1.165) is 99.5 Å². The largest absolute Gasteiger partial charge is 0.456 e. The first kappa shape index (κ1) is 43.5. The molecule has 0 unspecified atom stereocenters. The lowest BCUT2D eigenvalue weighted by Crippen LogP contribution is -2.12. The molecule has 0 saturated heterocycles. The van der Waals surface area contributed by atoms with Crippen molar-refractivity contribution in [2.75, 3.05) is 9.80 Å². The van der Waals surface area contributed by atoms with E-state index in [9.17, 15) is 0 Å². The number of furan rings is 2. The third-order valence-electron chi connectivity index (χ3n) is 16.1. The van der Waals surface area contributed by atoms with E-state index < -0.39 is 0 Å². The molecule has 0 aliphatic heterocycles. The van der Waals surface area contributed by atoms with Gasteiger partial charge in [0.05, 0.1) is 0 Å². The fraction of sp³-hybridized carbons (Fsp3) is 0.182. The van der Waals surface area contributed by atoms with E-state index in [1.807, 2.05) is 0 Å². The van der Waals surface area contributed by atoms with Gasteiger partial charge in [-0.3, -0.25) is 0 Å². The maximum atomic E-state index is 6.73. The summed E-state index contributed by atoms with van der Waals surface area (Å²) < 4.78 is 13.5. The maximum Gasteiger partial charge on any atom is 0.136 e. The van der Waals surface area contributed by atoms with Crippen molar-refractivity contribution in [1.82, 2.24) is 0 Å². The van der Waals surface area contributed by atoms with E-state index in [4.69, 9.17) is 8.83 Å². The number of aryl methyl sites for hydroxylation is 8. The summed E-state index contributed by atoms with van der Waals surface area (Å²) in [7, 11) is 0. The second-order valence-corrected chi connectivity index (χ2v) is 20.5. The van der Waals surface area contributed by atoms with Gasteiger partial charge >= 0.3 is 0 Å². The summed E-state index contributed by atoms with van der Waals surface area (Å²) in [6.45, 7) is 26.5. The van der Waals surface area contributed by atoms with Crippen molar-refractivity contribution in [1.29, 1.82) is 0 Å². The third-order valence-corrected chi connectivity index (χ3v) is 16.1. The molecule has 12 aromatic rings. The Labute approximate surface area is 410 Å². The molecule has 70 heavy (non-hydrogen) atoms. The van der Waals surface area contributed by atoms with Crippen LogP contribution in [0.2, 0.25) is 0 Å². The standard InChI is InChI=1S/C66H58N2O2/c1-35-17-55(18-36(2)43(35)9)67(56-19-37(3)44(10)38(4)20-56)53-15-13-47-27-59-61-29-51-30-62-60-28-48-14-16-54(68(57-21-39(5)45(11)40(6)22-57)58-23-41(7)46(12)42(8)24-58)26-50(48)32-64(60)70-66(62)34-52(51)33-65(61)69-63(59)31-49(47)25-53/h13-34H,1-12H3. The van der Waals surface area contributed by atoms with Crippen molar-refractivity contribution in [2.24, 2.45) is 0 Å². The maximum absolute atomic E-state index is 6.73. The molecule has 0 bridgehead atoms. The van der Waals surface area contributed by atoms with Crippen LogP contribution in [0.15, 0.2) is 142 Å². The Morgan fingerprint density at radius 3 is 0.729 bits per heavy atom. The van der Waals surface area contributed by atoms with Crippen LogP contribution in [0.3, 0.4) is 0 Å². The molecule has 0 amide bonds. The molecular formula is C66H58N2O2. The van der Waals surface area contributed by atoms with E-state index in [2.05, 4.69) is 226 Å². The van der Waals surface area contributed by atoms with Gasteiger partial charge in [0, 0.05) is 55.7 Å². The van der Waals surface area contributed by atoms with Gasteiger partial charge in [-0.05, 0) is 303 Å². The summed E-state index contributed by atoms with van der Waals surface area (Å²) in [6.07, 6.45) is 0. The summed E-state index contributed by atoms with van der Waals surface area (Å²) in [6, 6.07) is 50.2. The number of nitrogens with zero attached hydrogens (tertiary/aromatic N) is 2. The van der Waals surface area contributed by atoms with E-state index in [1.165, 1.54) is 77.5 Å². The number of rotatable bonds is 6. The second-order valence-electron chi connectivity index (χ2n) is 20.5. The highest BCUT2D eigenvalue weighted by atomic mass is 16.3. The van der Waals surface area contributed by atoms with Crippen molar-refractivity contribution in [3.63, 3.8) is 0 Å². The average Bonchev–Trinajstić information content (AvgIpc) is 3.85. The first-order chi connectivity index (χ1) is 33.6. The van der Waals surface area contributed by atoms with Crippen LogP contribution in [-0.2, 0) is 0 Å². The number of hydrogen-bond donors (Lipinski definition) is 0. The van der Waals surface area contributed by atoms with Crippen LogP contribution in [0.1, 0.15) is 66.8 Å². The number of benzene rings is 10. The van der Waals surface area contributed by atoms with Gasteiger partial charge in [0.2, 0.25) is 0 Å². The Hall–Kier alpha value is -7.82. The molecule has 0 N–H and O–H groups in total. The molecule has 0 fully saturated rings. The molecule has 4 nitrogen and oxygen atoms in total. The van der Waals surface area contributed by atoms with E-state index >= 15 is 0 Å². The highest BCUT2D eigenvalue weighted by Crippen LogP contribution is 2.44. The van der Waals surface area contributed by atoms with Crippen molar-refractivity contribution in [2.45, 2.75) is 83.1 Å². The van der Waals surface area contributed by atoms with Crippen molar-refractivity contribution >= 4 is 110 Å². The predicted octanol–water partition coefficient (Wildman–Crippen LogP) is 19.6. The quantitative estimate of drug-likeness (QED) is 0.166. The van der Waals surface area contributed by atoms with Gasteiger partial charge in [-0.15, -0.1) is 0 Å². The predicted molar refractivity (Wildman–Crippen MR) is 300 cm³/mol. The Bertz CT molecular complexity index is 3740. The Morgan fingerprint density at radius 1 is 0.229 bits per heavy atom. The van der Waals surface area contributed by atoms with Gasteiger partial charge < -0.3 is 18.6 Å². The van der Waals surface area contributed by atoms with Gasteiger partial charge in [0.1, 0.15) is 22.3 Å².